The highest BCUT2D eigenvalue weighted by molar-refractivity contribution is 5.33. The minimum atomic E-state index is -1.87. The summed E-state index contributed by atoms with van der Waals surface area (Å²) in [6.45, 7) is 1.28. The van der Waals surface area contributed by atoms with Crippen molar-refractivity contribution in [3.05, 3.63) is 83.9 Å². The third kappa shape index (κ3) is 3.16. The average molecular weight is 345 g/mol. The van der Waals surface area contributed by atoms with Gasteiger partial charge in [0.2, 0.25) is 0 Å². The molecule has 2 aromatic carbocycles. The van der Waals surface area contributed by atoms with Crippen LogP contribution in [0.5, 0.6) is 0 Å². The molecule has 0 fully saturated rings. The zero-order valence-electron chi connectivity index (χ0n) is 13.5. The molecule has 25 heavy (non-hydrogen) atoms. The largest absolute Gasteiger partial charge is 0.382 e. The molecule has 0 radical (unpaired) electrons. The fraction of sp³-hybridized carbons (Fsp3) is 0.222. The van der Waals surface area contributed by atoms with E-state index in [-0.39, 0.29) is 6.54 Å². The van der Waals surface area contributed by atoms with Crippen LogP contribution in [0.4, 0.5) is 8.78 Å². The Morgan fingerprint density at radius 1 is 0.920 bits per heavy atom. The van der Waals surface area contributed by atoms with Crippen molar-refractivity contribution in [2.24, 2.45) is 0 Å². The van der Waals surface area contributed by atoms with E-state index in [0.717, 1.165) is 0 Å². The maximum Gasteiger partial charge on any atom is 0.142 e. The first-order valence-electron chi connectivity index (χ1n) is 7.62. The van der Waals surface area contributed by atoms with Gasteiger partial charge in [0, 0.05) is 0 Å². The SMILES string of the molecule is C[C@](O)(c1ccc(F)cc1)[C@](O)(Cn1cncn1)c1ccc(F)cc1. The molecule has 0 spiro atoms. The molecule has 3 rings (SSSR count). The van der Waals surface area contributed by atoms with Gasteiger partial charge in [-0.15, -0.1) is 0 Å². The smallest absolute Gasteiger partial charge is 0.142 e. The van der Waals surface area contributed by atoms with Gasteiger partial charge in [-0.25, -0.2) is 18.4 Å². The molecule has 0 saturated heterocycles. The lowest BCUT2D eigenvalue weighted by Crippen LogP contribution is -2.50. The summed E-state index contributed by atoms with van der Waals surface area (Å²) in [5.41, 5.74) is -3.09. The van der Waals surface area contributed by atoms with E-state index >= 15 is 0 Å². The van der Waals surface area contributed by atoms with Crippen LogP contribution in [0.3, 0.4) is 0 Å². The molecule has 1 aromatic heterocycles. The first-order valence-corrected chi connectivity index (χ1v) is 7.62. The Hall–Kier alpha value is -2.64. The average Bonchev–Trinajstić information content (AvgIpc) is 3.08. The molecule has 5 nitrogen and oxygen atoms in total. The number of benzene rings is 2. The predicted molar refractivity (Wildman–Crippen MR) is 86.3 cm³/mol. The minimum Gasteiger partial charge on any atom is -0.382 e. The second-order valence-electron chi connectivity index (χ2n) is 6.04. The molecule has 3 aromatic rings. The van der Waals surface area contributed by atoms with Crippen molar-refractivity contribution in [1.82, 2.24) is 14.8 Å². The van der Waals surface area contributed by atoms with Gasteiger partial charge < -0.3 is 10.2 Å². The van der Waals surface area contributed by atoms with Crippen LogP contribution in [0.25, 0.3) is 0 Å². The van der Waals surface area contributed by atoms with E-state index in [1.165, 1.54) is 72.8 Å². The summed E-state index contributed by atoms with van der Waals surface area (Å²) in [5, 5.41) is 26.6. The van der Waals surface area contributed by atoms with Crippen molar-refractivity contribution in [2.75, 3.05) is 0 Å². The monoisotopic (exact) mass is 345 g/mol. The number of aromatic nitrogens is 3. The Labute approximate surface area is 143 Å². The lowest BCUT2D eigenvalue weighted by atomic mass is 9.74. The van der Waals surface area contributed by atoms with Crippen molar-refractivity contribution < 1.29 is 19.0 Å². The molecule has 0 bridgehead atoms. The van der Waals surface area contributed by atoms with Gasteiger partial charge in [-0.05, 0) is 42.3 Å². The lowest BCUT2D eigenvalue weighted by molar-refractivity contribution is -0.164. The molecule has 0 saturated carbocycles. The molecule has 1 heterocycles. The van der Waals surface area contributed by atoms with Crippen LogP contribution in [0.2, 0.25) is 0 Å². The third-order valence-electron chi connectivity index (χ3n) is 4.39. The summed E-state index contributed by atoms with van der Waals surface area (Å²) in [6, 6.07) is 10.4. The van der Waals surface area contributed by atoms with Crippen molar-refractivity contribution >= 4 is 0 Å². The van der Waals surface area contributed by atoms with E-state index < -0.39 is 22.8 Å². The Balaban J connectivity index is 2.12. The molecule has 130 valence electrons. The van der Waals surface area contributed by atoms with Gasteiger partial charge in [0.15, 0.2) is 0 Å². The molecule has 0 aliphatic carbocycles. The highest BCUT2D eigenvalue weighted by atomic mass is 19.1. The van der Waals surface area contributed by atoms with Crippen LogP contribution in [-0.2, 0) is 17.7 Å². The molecule has 2 atom stereocenters. The molecular formula is C18H17F2N3O2. The summed E-state index contributed by atoms with van der Waals surface area (Å²) in [7, 11) is 0. The number of halogens is 2. The Morgan fingerprint density at radius 2 is 1.44 bits per heavy atom. The Bertz CT molecular complexity index is 834. The quantitative estimate of drug-likeness (QED) is 0.745. The fourth-order valence-corrected chi connectivity index (χ4v) is 2.81. The topological polar surface area (TPSA) is 71.2 Å². The van der Waals surface area contributed by atoms with Crippen LogP contribution in [0.1, 0.15) is 18.1 Å². The predicted octanol–water partition coefficient (Wildman–Crippen LogP) is 2.35. The normalized spacial score (nSPS) is 16.2. The van der Waals surface area contributed by atoms with Crippen LogP contribution < -0.4 is 0 Å². The molecule has 0 aliphatic heterocycles. The summed E-state index contributed by atoms with van der Waals surface area (Å²) < 4.78 is 27.9. The fourth-order valence-electron chi connectivity index (χ4n) is 2.81. The zero-order chi connectivity index (χ0) is 18.1. The molecular weight excluding hydrogens is 328 g/mol. The van der Waals surface area contributed by atoms with E-state index in [1.807, 2.05) is 0 Å². The van der Waals surface area contributed by atoms with E-state index in [2.05, 4.69) is 10.1 Å². The van der Waals surface area contributed by atoms with Gasteiger partial charge in [-0.3, -0.25) is 0 Å². The highest BCUT2D eigenvalue weighted by Crippen LogP contribution is 2.41. The van der Waals surface area contributed by atoms with Crippen LogP contribution in [-0.4, -0.2) is 25.0 Å². The van der Waals surface area contributed by atoms with Crippen molar-refractivity contribution in [3.63, 3.8) is 0 Å². The van der Waals surface area contributed by atoms with Gasteiger partial charge in [-0.1, -0.05) is 24.3 Å². The van der Waals surface area contributed by atoms with Gasteiger partial charge >= 0.3 is 0 Å². The molecule has 0 aliphatic rings. The van der Waals surface area contributed by atoms with E-state index in [1.54, 1.807) is 0 Å². The van der Waals surface area contributed by atoms with E-state index in [0.29, 0.717) is 11.1 Å². The van der Waals surface area contributed by atoms with Crippen molar-refractivity contribution in [1.29, 1.82) is 0 Å². The molecule has 2 N–H and O–H groups in total. The maximum atomic E-state index is 13.3. The summed E-state index contributed by atoms with van der Waals surface area (Å²) in [4.78, 5) is 3.83. The van der Waals surface area contributed by atoms with Gasteiger partial charge in [0.05, 0.1) is 6.54 Å². The zero-order valence-corrected chi connectivity index (χ0v) is 13.5. The molecule has 7 heteroatoms. The lowest BCUT2D eigenvalue weighted by Gasteiger charge is -2.42. The first-order chi connectivity index (χ1) is 11.8. The number of hydrogen-bond donors (Lipinski definition) is 2. The van der Waals surface area contributed by atoms with Crippen LogP contribution >= 0.6 is 0 Å². The number of rotatable bonds is 5. The van der Waals surface area contributed by atoms with Gasteiger partial charge in [0.25, 0.3) is 0 Å². The van der Waals surface area contributed by atoms with E-state index in [4.69, 9.17) is 0 Å². The second kappa shape index (κ2) is 6.34. The van der Waals surface area contributed by atoms with Gasteiger partial charge in [0.1, 0.15) is 35.5 Å². The van der Waals surface area contributed by atoms with Crippen molar-refractivity contribution in [3.8, 4) is 0 Å². The van der Waals surface area contributed by atoms with Crippen LogP contribution in [0, 0.1) is 11.6 Å². The standard InChI is InChI=1S/C18H17F2N3O2/c1-17(24,13-2-6-15(19)7-3-13)18(25,10-23-12-21-11-22-23)14-4-8-16(20)9-5-14/h2-9,11-12,24-25H,10H2,1H3/t17-,18-/m0/s1. The summed E-state index contributed by atoms with van der Waals surface area (Å²) >= 11 is 0. The molecule has 0 amide bonds. The minimum absolute atomic E-state index is 0.136. The Morgan fingerprint density at radius 3 is 1.92 bits per heavy atom. The number of nitrogens with zero attached hydrogens (tertiary/aromatic N) is 3. The number of hydrogen-bond acceptors (Lipinski definition) is 4. The maximum absolute atomic E-state index is 13.3. The van der Waals surface area contributed by atoms with Crippen molar-refractivity contribution in [2.45, 2.75) is 24.7 Å². The Kier molecular flexibility index (Phi) is 4.36. The summed E-state index contributed by atoms with van der Waals surface area (Å²) in [6.07, 6.45) is 2.70. The van der Waals surface area contributed by atoms with Gasteiger partial charge in [-0.2, -0.15) is 5.10 Å². The number of aliphatic hydroxyl groups is 2. The second-order valence-corrected chi connectivity index (χ2v) is 6.04. The first kappa shape index (κ1) is 17.2. The molecule has 0 unspecified atom stereocenters. The van der Waals surface area contributed by atoms with Crippen LogP contribution in [0.15, 0.2) is 61.2 Å². The highest BCUT2D eigenvalue weighted by Gasteiger charge is 2.49. The summed E-state index contributed by atoms with van der Waals surface area (Å²) in [5.74, 6) is -0.922. The van der Waals surface area contributed by atoms with E-state index in [9.17, 15) is 19.0 Å². The third-order valence-corrected chi connectivity index (χ3v) is 4.39.